The molecule has 2 heteroatoms. The van der Waals surface area contributed by atoms with Crippen LogP contribution in [0, 0.1) is 10.8 Å². The van der Waals surface area contributed by atoms with Crippen LogP contribution in [0.2, 0.25) is 0 Å². The molecule has 0 unspecified atom stereocenters. The summed E-state index contributed by atoms with van der Waals surface area (Å²) in [5.41, 5.74) is 0.132. The highest BCUT2D eigenvalue weighted by molar-refractivity contribution is 7.99. The van der Waals surface area contributed by atoms with E-state index in [1.807, 2.05) is 0 Å². The van der Waals surface area contributed by atoms with Gasteiger partial charge in [0.15, 0.2) is 0 Å². The Balaban J connectivity index is 4.61. The zero-order chi connectivity index (χ0) is 10.9. The Bertz CT molecular complexity index is 152. The van der Waals surface area contributed by atoms with Crippen molar-refractivity contribution in [2.75, 3.05) is 6.26 Å². The number of aliphatic hydroxyl groups excluding tert-OH is 1. The number of hydrogen-bond donors (Lipinski definition) is 1. The van der Waals surface area contributed by atoms with Crippen LogP contribution >= 0.6 is 11.8 Å². The first kappa shape index (κ1) is 13.3. The second-order valence-corrected chi connectivity index (χ2v) is 6.81. The van der Waals surface area contributed by atoms with Gasteiger partial charge < -0.3 is 5.11 Å². The Hall–Kier alpha value is 0.310. The summed E-state index contributed by atoms with van der Waals surface area (Å²) >= 11 is 1.76. The molecule has 0 amide bonds. The topological polar surface area (TPSA) is 20.2 Å². The van der Waals surface area contributed by atoms with E-state index >= 15 is 0 Å². The zero-order valence-electron chi connectivity index (χ0n) is 10.0. The first-order chi connectivity index (χ1) is 5.60. The van der Waals surface area contributed by atoms with Crippen LogP contribution in [0.3, 0.4) is 0 Å². The standard InChI is InChI=1S/C11H24OS/c1-10(2,3)8(12)9(13-7)11(4,5)6/h8-9,12H,1-7H3/t8-,9-/m0/s1. The van der Waals surface area contributed by atoms with Gasteiger partial charge in [0.2, 0.25) is 0 Å². The molecule has 0 aliphatic rings. The van der Waals surface area contributed by atoms with Gasteiger partial charge in [-0.05, 0) is 17.1 Å². The van der Waals surface area contributed by atoms with E-state index in [0.29, 0.717) is 5.25 Å². The molecule has 0 rings (SSSR count). The number of hydrogen-bond acceptors (Lipinski definition) is 2. The molecule has 0 saturated carbocycles. The molecule has 0 spiro atoms. The molecule has 0 heterocycles. The van der Waals surface area contributed by atoms with Crippen LogP contribution in [-0.2, 0) is 0 Å². The molecule has 0 radical (unpaired) electrons. The van der Waals surface area contributed by atoms with Gasteiger partial charge >= 0.3 is 0 Å². The van der Waals surface area contributed by atoms with Gasteiger partial charge in [-0.25, -0.2) is 0 Å². The van der Waals surface area contributed by atoms with Gasteiger partial charge in [-0.2, -0.15) is 11.8 Å². The average molecular weight is 204 g/mol. The summed E-state index contributed by atoms with van der Waals surface area (Å²) in [6, 6.07) is 0. The van der Waals surface area contributed by atoms with Crippen molar-refractivity contribution in [3.63, 3.8) is 0 Å². The average Bonchev–Trinajstić information content (AvgIpc) is 1.83. The van der Waals surface area contributed by atoms with Crippen molar-refractivity contribution in [1.82, 2.24) is 0 Å². The van der Waals surface area contributed by atoms with Crippen molar-refractivity contribution in [1.29, 1.82) is 0 Å². The normalized spacial score (nSPS) is 18.5. The SMILES string of the molecule is CS[C@@H]([C@H](O)C(C)(C)C)C(C)(C)C. The second kappa shape index (κ2) is 4.22. The summed E-state index contributed by atoms with van der Waals surface area (Å²) in [6.07, 6.45) is 1.83. The van der Waals surface area contributed by atoms with E-state index in [-0.39, 0.29) is 16.9 Å². The minimum Gasteiger partial charge on any atom is -0.391 e. The van der Waals surface area contributed by atoms with Gasteiger partial charge in [0, 0.05) is 5.25 Å². The fraction of sp³-hybridized carbons (Fsp3) is 1.00. The van der Waals surface area contributed by atoms with Crippen molar-refractivity contribution in [3.05, 3.63) is 0 Å². The monoisotopic (exact) mass is 204 g/mol. The Kier molecular flexibility index (Phi) is 4.32. The van der Waals surface area contributed by atoms with Crippen molar-refractivity contribution in [2.45, 2.75) is 52.9 Å². The molecule has 0 saturated heterocycles. The fourth-order valence-corrected chi connectivity index (χ4v) is 2.78. The lowest BCUT2D eigenvalue weighted by Gasteiger charge is -2.39. The molecule has 2 atom stereocenters. The highest BCUT2D eigenvalue weighted by Crippen LogP contribution is 2.37. The molecule has 0 bridgehead atoms. The maximum Gasteiger partial charge on any atom is 0.0711 e. The van der Waals surface area contributed by atoms with Gasteiger partial charge in [0.25, 0.3) is 0 Å². The van der Waals surface area contributed by atoms with E-state index in [1.165, 1.54) is 0 Å². The first-order valence-electron chi connectivity index (χ1n) is 4.81. The van der Waals surface area contributed by atoms with Crippen molar-refractivity contribution in [2.24, 2.45) is 10.8 Å². The van der Waals surface area contributed by atoms with E-state index < -0.39 is 0 Å². The van der Waals surface area contributed by atoms with Crippen LogP contribution in [-0.4, -0.2) is 22.7 Å². The number of thioether (sulfide) groups is 1. The highest BCUT2D eigenvalue weighted by atomic mass is 32.2. The number of rotatable bonds is 2. The van der Waals surface area contributed by atoms with Crippen molar-refractivity contribution < 1.29 is 5.11 Å². The summed E-state index contributed by atoms with van der Waals surface area (Å²) in [7, 11) is 0. The van der Waals surface area contributed by atoms with Gasteiger partial charge in [0.1, 0.15) is 0 Å². The molecule has 0 aliphatic carbocycles. The summed E-state index contributed by atoms with van der Waals surface area (Å²) in [5.74, 6) is 0. The van der Waals surface area contributed by atoms with Crippen LogP contribution in [0.4, 0.5) is 0 Å². The Labute approximate surface area is 87.3 Å². The summed E-state index contributed by atoms with van der Waals surface area (Å²) in [5, 5.41) is 10.5. The van der Waals surface area contributed by atoms with E-state index in [2.05, 4.69) is 47.8 Å². The fourth-order valence-electron chi connectivity index (χ4n) is 1.41. The van der Waals surface area contributed by atoms with E-state index in [0.717, 1.165) is 0 Å². The van der Waals surface area contributed by atoms with Gasteiger partial charge in [-0.15, -0.1) is 0 Å². The molecule has 1 N–H and O–H groups in total. The first-order valence-corrected chi connectivity index (χ1v) is 6.10. The van der Waals surface area contributed by atoms with Gasteiger partial charge in [-0.1, -0.05) is 41.5 Å². The van der Waals surface area contributed by atoms with Crippen LogP contribution < -0.4 is 0 Å². The summed E-state index contributed by atoms with van der Waals surface area (Å²) in [4.78, 5) is 0. The lowest BCUT2D eigenvalue weighted by Crippen LogP contribution is -2.42. The molecule has 13 heavy (non-hydrogen) atoms. The molecule has 0 aromatic carbocycles. The molecule has 0 aromatic rings. The van der Waals surface area contributed by atoms with Crippen LogP contribution in [0.5, 0.6) is 0 Å². The Morgan fingerprint density at radius 2 is 1.31 bits per heavy atom. The predicted molar refractivity (Wildman–Crippen MR) is 62.2 cm³/mol. The van der Waals surface area contributed by atoms with E-state index in [1.54, 1.807) is 11.8 Å². The van der Waals surface area contributed by atoms with Crippen LogP contribution in [0.25, 0.3) is 0 Å². The minimum atomic E-state index is -0.248. The molecule has 1 nitrogen and oxygen atoms in total. The molecule has 0 aliphatic heterocycles. The van der Waals surface area contributed by atoms with Crippen LogP contribution in [0.15, 0.2) is 0 Å². The van der Waals surface area contributed by atoms with Gasteiger partial charge in [0.05, 0.1) is 6.10 Å². The third-order valence-electron chi connectivity index (χ3n) is 2.28. The third-order valence-corrected chi connectivity index (χ3v) is 3.75. The highest BCUT2D eigenvalue weighted by Gasteiger charge is 2.36. The Morgan fingerprint density at radius 3 is 1.38 bits per heavy atom. The second-order valence-electron chi connectivity index (χ2n) is 5.83. The Morgan fingerprint density at radius 1 is 0.923 bits per heavy atom. The minimum absolute atomic E-state index is 0.0268. The molecule has 80 valence electrons. The van der Waals surface area contributed by atoms with Crippen molar-refractivity contribution >= 4 is 11.8 Å². The zero-order valence-corrected chi connectivity index (χ0v) is 10.8. The lowest BCUT2D eigenvalue weighted by molar-refractivity contribution is 0.0356. The summed E-state index contributed by atoms with van der Waals surface area (Å²) in [6.45, 7) is 12.8. The molecule has 0 aromatic heterocycles. The largest absolute Gasteiger partial charge is 0.391 e. The maximum absolute atomic E-state index is 10.2. The van der Waals surface area contributed by atoms with E-state index in [9.17, 15) is 5.11 Å². The summed E-state index contributed by atoms with van der Waals surface area (Å²) < 4.78 is 0. The van der Waals surface area contributed by atoms with Crippen LogP contribution in [0.1, 0.15) is 41.5 Å². The van der Waals surface area contributed by atoms with Crippen molar-refractivity contribution in [3.8, 4) is 0 Å². The number of aliphatic hydroxyl groups is 1. The quantitative estimate of drug-likeness (QED) is 0.745. The lowest BCUT2D eigenvalue weighted by atomic mass is 9.78. The molecule has 0 fully saturated rings. The predicted octanol–water partition coefficient (Wildman–Crippen LogP) is 3.17. The maximum atomic E-state index is 10.2. The molecular weight excluding hydrogens is 180 g/mol. The van der Waals surface area contributed by atoms with Gasteiger partial charge in [-0.3, -0.25) is 0 Å². The third kappa shape index (κ3) is 3.90. The molecular formula is C11H24OS. The van der Waals surface area contributed by atoms with E-state index in [4.69, 9.17) is 0 Å². The smallest absolute Gasteiger partial charge is 0.0711 e.